The molecule has 0 aliphatic heterocycles. The summed E-state index contributed by atoms with van der Waals surface area (Å²) in [6, 6.07) is 8.93. The Morgan fingerprint density at radius 3 is 2.39 bits per heavy atom. The van der Waals surface area contributed by atoms with Crippen LogP contribution in [-0.2, 0) is 21.4 Å². The van der Waals surface area contributed by atoms with Gasteiger partial charge in [-0.25, -0.2) is 17.5 Å². The van der Waals surface area contributed by atoms with E-state index in [1.807, 2.05) is 6.92 Å². The number of hydrogen-bond acceptors (Lipinski definition) is 6. The maximum atomic E-state index is 13.1. The largest absolute Gasteiger partial charge is 0.349 e. The van der Waals surface area contributed by atoms with Crippen LogP contribution in [-0.4, -0.2) is 25.3 Å². The van der Waals surface area contributed by atoms with Crippen LogP contribution in [0.4, 0.5) is 10.1 Å². The first-order valence-electron chi connectivity index (χ1n) is 10.7. The Kier molecular flexibility index (Phi) is 7.77. The van der Waals surface area contributed by atoms with Crippen molar-refractivity contribution in [3.05, 3.63) is 69.5 Å². The molecular weight excluding hydrogens is 451 g/mol. The van der Waals surface area contributed by atoms with Gasteiger partial charge < -0.3 is 11.1 Å². The number of nitro groups is 1. The number of amides is 1. The summed E-state index contributed by atoms with van der Waals surface area (Å²) in [5, 5.41) is 14.1. The number of nitrogens with one attached hydrogen (secondary N) is 2. The van der Waals surface area contributed by atoms with E-state index in [2.05, 4.69) is 10.0 Å². The molecule has 1 fully saturated rings. The van der Waals surface area contributed by atoms with E-state index in [0.717, 1.165) is 11.6 Å². The molecule has 1 atom stereocenters. The molecule has 9 nitrogen and oxygen atoms in total. The lowest BCUT2D eigenvalue weighted by molar-refractivity contribution is -0.385. The summed E-state index contributed by atoms with van der Waals surface area (Å²) >= 11 is 0. The van der Waals surface area contributed by atoms with Crippen molar-refractivity contribution < 1.29 is 22.5 Å². The Balaban J connectivity index is 1.57. The van der Waals surface area contributed by atoms with Crippen LogP contribution < -0.4 is 15.8 Å². The number of carbonyl (C=O) groups excluding carboxylic acids is 1. The van der Waals surface area contributed by atoms with E-state index in [1.165, 1.54) is 24.3 Å². The van der Waals surface area contributed by atoms with Gasteiger partial charge in [-0.3, -0.25) is 14.9 Å². The molecule has 178 valence electrons. The first kappa shape index (κ1) is 24.7. The quantitative estimate of drug-likeness (QED) is 0.393. The molecule has 0 aromatic heterocycles. The molecule has 2 aromatic carbocycles. The zero-order chi connectivity index (χ0) is 24.2. The van der Waals surface area contributed by atoms with E-state index < -0.39 is 14.9 Å². The van der Waals surface area contributed by atoms with E-state index in [9.17, 15) is 27.7 Å². The van der Waals surface area contributed by atoms with Crippen LogP contribution in [0.25, 0.3) is 0 Å². The van der Waals surface area contributed by atoms with Crippen LogP contribution in [0.3, 0.4) is 0 Å². The van der Waals surface area contributed by atoms with Crippen molar-refractivity contribution in [3.8, 4) is 0 Å². The van der Waals surface area contributed by atoms with Crippen molar-refractivity contribution in [2.75, 3.05) is 0 Å². The maximum Gasteiger partial charge on any atom is 0.275 e. The van der Waals surface area contributed by atoms with Crippen molar-refractivity contribution in [2.45, 2.75) is 56.1 Å². The first-order valence-corrected chi connectivity index (χ1v) is 12.1. The Morgan fingerprint density at radius 2 is 1.82 bits per heavy atom. The predicted molar refractivity (Wildman–Crippen MR) is 120 cm³/mol. The van der Waals surface area contributed by atoms with Crippen LogP contribution in [0.15, 0.2) is 47.4 Å². The minimum atomic E-state index is -3.96. The standard InChI is InChI=1S/C22H27FN4O5S/c1-14(15-2-7-18(23)8-3-15)25-22(28)16-4-9-19(10-5-16)26-33(31,32)20-11-6-17(13-24)21(12-20)27(29)30/h2-3,6-8,11-12,14,16,19,26H,4-5,9-10,13,24H2,1H3,(H,25,28)/t14-,16?,19?/m1/s1. The smallest absolute Gasteiger partial charge is 0.275 e. The van der Waals surface area contributed by atoms with Crippen molar-refractivity contribution in [1.29, 1.82) is 0 Å². The number of benzene rings is 2. The van der Waals surface area contributed by atoms with Crippen LogP contribution in [0.2, 0.25) is 0 Å². The van der Waals surface area contributed by atoms with Crippen LogP contribution in [0, 0.1) is 21.8 Å². The van der Waals surface area contributed by atoms with Crippen molar-refractivity contribution >= 4 is 21.6 Å². The number of nitro benzene ring substituents is 1. The van der Waals surface area contributed by atoms with E-state index in [4.69, 9.17) is 5.73 Å². The van der Waals surface area contributed by atoms with Gasteiger partial charge in [0.2, 0.25) is 15.9 Å². The van der Waals surface area contributed by atoms with Crippen LogP contribution in [0.5, 0.6) is 0 Å². The van der Waals surface area contributed by atoms with Gasteiger partial charge in [0.15, 0.2) is 0 Å². The lowest BCUT2D eigenvalue weighted by Crippen LogP contribution is -2.41. The van der Waals surface area contributed by atoms with Gasteiger partial charge in [0.25, 0.3) is 5.69 Å². The highest BCUT2D eigenvalue weighted by Crippen LogP contribution is 2.28. The Hall–Kier alpha value is -2.89. The van der Waals surface area contributed by atoms with Crippen LogP contribution in [0.1, 0.15) is 49.8 Å². The second kappa shape index (κ2) is 10.4. The highest BCUT2D eigenvalue weighted by molar-refractivity contribution is 7.89. The van der Waals surface area contributed by atoms with Gasteiger partial charge in [0.1, 0.15) is 5.82 Å². The summed E-state index contributed by atoms with van der Waals surface area (Å²) in [5.74, 6) is -0.720. The molecule has 1 aliphatic rings. The number of carbonyl (C=O) groups is 1. The van der Waals surface area contributed by atoms with E-state index >= 15 is 0 Å². The third-order valence-electron chi connectivity index (χ3n) is 5.93. The molecule has 3 rings (SSSR count). The second-order valence-corrected chi connectivity index (χ2v) is 9.92. The van der Waals surface area contributed by atoms with E-state index in [-0.39, 0.29) is 52.4 Å². The third-order valence-corrected chi connectivity index (χ3v) is 7.45. The van der Waals surface area contributed by atoms with Crippen molar-refractivity contribution in [3.63, 3.8) is 0 Å². The van der Waals surface area contributed by atoms with Gasteiger partial charge >= 0.3 is 0 Å². The van der Waals surface area contributed by atoms with Crippen molar-refractivity contribution in [1.82, 2.24) is 10.0 Å². The molecule has 2 aromatic rings. The predicted octanol–water partition coefficient (Wildman–Crippen LogP) is 2.91. The van der Waals surface area contributed by atoms with Gasteiger partial charge in [0.05, 0.1) is 15.9 Å². The number of nitrogens with zero attached hydrogens (tertiary/aromatic N) is 1. The molecule has 33 heavy (non-hydrogen) atoms. The molecule has 0 spiro atoms. The van der Waals surface area contributed by atoms with Gasteiger partial charge in [-0.1, -0.05) is 12.1 Å². The lowest BCUT2D eigenvalue weighted by atomic mass is 9.85. The minimum absolute atomic E-state index is 0.0735. The van der Waals surface area contributed by atoms with E-state index in [0.29, 0.717) is 25.7 Å². The average molecular weight is 479 g/mol. The van der Waals surface area contributed by atoms with Gasteiger partial charge in [-0.2, -0.15) is 0 Å². The zero-order valence-corrected chi connectivity index (χ0v) is 19.0. The fraction of sp³-hybridized carbons (Fsp3) is 0.409. The number of rotatable bonds is 8. The van der Waals surface area contributed by atoms with Gasteiger partial charge in [-0.15, -0.1) is 0 Å². The highest BCUT2D eigenvalue weighted by atomic mass is 32.2. The first-order chi connectivity index (χ1) is 15.6. The molecule has 0 bridgehead atoms. The summed E-state index contributed by atoms with van der Waals surface area (Å²) in [4.78, 5) is 23.0. The molecule has 1 saturated carbocycles. The molecule has 0 saturated heterocycles. The van der Waals surface area contributed by atoms with Gasteiger partial charge in [-0.05, 0) is 62.4 Å². The molecule has 4 N–H and O–H groups in total. The number of sulfonamides is 1. The molecule has 1 amide bonds. The number of nitrogens with two attached hydrogens (primary N) is 1. The Labute approximate surface area is 191 Å². The second-order valence-electron chi connectivity index (χ2n) is 8.20. The highest BCUT2D eigenvalue weighted by Gasteiger charge is 2.30. The Bertz CT molecular complexity index is 1120. The molecule has 0 heterocycles. The van der Waals surface area contributed by atoms with Crippen molar-refractivity contribution in [2.24, 2.45) is 11.7 Å². The fourth-order valence-electron chi connectivity index (χ4n) is 3.98. The zero-order valence-electron chi connectivity index (χ0n) is 18.2. The number of halogens is 1. The molecule has 1 aliphatic carbocycles. The minimum Gasteiger partial charge on any atom is -0.349 e. The normalized spacial score (nSPS) is 19.6. The average Bonchev–Trinajstić information content (AvgIpc) is 2.79. The van der Waals surface area contributed by atoms with Crippen LogP contribution >= 0.6 is 0 Å². The Morgan fingerprint density at radius 1 is 1.18 bits per heavy atom. The molecular formula is C22H27FN4O5S. The van der Waals surface area contributed by atoms with Gasteiger partial charge in [0, 0.05) is 30.1 Å². The number of hydrogen-bond donors (Lipinski definition) is 3. The summed E-state index contributed by atoms with van der Waals surface area (Å²) in [5.41, 5.74) is 6.19. The SMILES string of the molecule is C[C@@H](NC(=O)C1CCC(NS(=O)(=O)c2ccc(CN)c([N+](=O)[O-])c2)CC1)c1ccc(F)cc1. The third kappa shape index (κ3) is 6.12. The molecule has 11 heteroatoms. The lowest BCUT2D eigenvalue weighted by Gasteiger charge is -2.29. The molecule has 0 radical (unpaired) electrons. The summed E-state index contributed by atoms with van der Waals surface area (Å²) in [6.07, 6.45) is 1.93. The monoisotopic (exact) mass is 478 g/mol. The summed E-state index contributed by atoms with van der Waals surface area (Å²) < 4.78 is 41.2. The summed E-state index contributed by atoms with van der Waals surface area (Å²) in [7, 11) is -3.96. The fourth-order valence-corrected chi connectivity index (χ4v) is 5.30. The summed E-state index contributed by atoms with van der Waals surface area (Å²) in [6.45, 7) is 1.75. The molecule has 0 unspecified atom stereocenters. The van der Waals surface area contributed by atoms with E-state index in [1.54, 1.807) is 12.1 Å². The topological polar surface area (TPSA) is 144 Å². The maximum absolute atomic E-state index is 13.1.